The summed E-state index contributed by atoms with van der Waals surface area (Å²) < 4.78 is 4.74. The Morgan fingerprint density at radius 3 is 2.16 bits per heavy atom. The standard InChI is InChI=1S/C19H17NO5/c1-25-19(24)10-18-16(11-2-4-13(21)5-3-11)9-17(20-18)12-6-14(22)8-15(23)7-12/h2-9,20-23H,10H2,1H3. The van der Waals surface area contributed by atoms with Crippen molar-refractivity contribution in [3.05, 3.63) is 54.2 Å². The lowest BCUT2D eigenvalue weighted by Gasteiger charge is -2.04. The van der Waals surface area contributed by atoms with Crippen LogP contribution in [0.4, 0.5) is 0 Å². The number of phenols is 3. The minimum absolute atomic E-state index is 0.0392. The van der Waals surface area contributed by atoms with Crippen LogP contribution in [0.2, 0.25) is 0 Å². The number of carbonyl (C=O) groups excluding carboxylic acids is 1. The SMILES string of the molecule is COC(=O)Cc1[nH]c(-c2cc(O)cc(O)c2)cc1-c1ccc(O)cc1. The Balaban J connectivity index is 2.10. The summed E-state index contributed by atoms with van der Waals surface area (Å²) in [5.74, 6) is -0.380. The molecule has 0 aliphatic heterocycles. The lowest BCUT2D eigenvalue weighted by Crippen LogP contribution is -2.05. The van der Waals surface area contributed by atoms with Gasteiger partial charge < -0.3 is 25.0 Å². The molecule has 2 aromatic carbocycles. The summed E-state index contributed by atoms with van der Waals surface area (Å²) >= 11 is 0. The molecule has 6 nitrogen and oxygen atoms in total. The highest BCUT2D eigenvalue weighted by atomic mass is 16.5. The van der Waals surface area contributed by atoms with Gasteiger partial charge in [-0.3, -0.25) is 4.79 Å². The molecule has 0 saturated carbocycles. The minimum Gasteiger partial charge on any atom is -0.508 e. The summed E-state index contributed by atoms with van der Waals surface area (Å²) in [4.78, 5) is 14.9. The molecule has 25 heavy (non-hydrogen) atoms. The van der Waals surface area contributed by atoms with Crippen LogP contribution >= 0.6 is 0 Å². The maximum absolute atomic E-state index is 11.7. The van der Waals surface area contributed by atoms with E-state index in [9.17, 15) is 20.1 Å². The topological polar surface area (TPSA) is 103 Å². The maximum atomic E-state index is 11.7. The number of aromatic hydroxyl groups is 3. The number of aromatic nitrogens is 1. The molecule has 0 amide bonds. The largest absolute Gasteiger partial charge is 0.508 e. The molecular formula is C19H17NO5. The number of esters is 1. The molecule has 0 spiro atoms. The van der Waals surface area contributed by atoms with Crippen LogP contribution in [0.5, 0.6) is 17.2 Å². The molecule has 3 aromatic rings. The van der Waals surface area contributed by atoms with Crippen molar-refractivity contribution in [3.8, 4) is 39.6 Å². The second-order valence-corrected chi connectivity index (χ2v) is 5.61. The first kappa shape index (κ1) is 16.4. The highest BCUT2D eigenvalue weighted by molar-refractivity contribution is 5.80. The fourth-order valence-electron chi connectivity index (χ4n) is 2.66. The molecule has 3 rings (SSSR count). The molecule has 0 saturated heterocycles. The first-order chi connectivity index (χ1) is 12.0. The molecule has 6 heteroatoms. The zero-order valence-electron chi connectivity index (χ0n) is 13.5. The van der Waals surface area contributed by atoms with Gasteiger partial charge in [0.15, 0.2) is 0 Å². The van der Waals surface area contributed by atoms with Crippen LogP contribution in [0.1, 0.15) is 5.69 Å². The molecule has 0 aliphatic carbocycles. The maximum Gasteiger partial charge on any atom is 0.311 e. The van der Waals surface area contributed by atoms with E-state index in [0.717, 1.165) is 11.1 Å². The van der Waals surface area contributed by atoms with Gasteiger partial charge in [0.1, 0.15) is 17.2 Å². The van der Waals surface area contributed by atoms with Gasteiger partial charge in [-0.1, -0.05) is 12.1 Å². The predicted octanol–water partition coefficient (Wildman–Crippen LogP) is 3.18. The summed E-state index contributed by atoms with van der Waals surface area (Å²) in [7, 11) is 1.32. The van der Waals surface area contributed by atoms with E-state index >= 15 is 0 Å². The average Bonchev–Trinajstić information content (AvgIpc) is 2.98. The number of benzene rings is 2. The quantitative estimate of drug-likeness (QED) is 0.547. The Kier molecular flexibility index (Phi) is 4.35. The fraction of sp³-hybridized carbons (Fsp3) is 0.105. The fourth-order valence-corrected chi connectivity index (χ4v) is 2.66. The van der Waals surface area contributed by atoms with Gasteiger partial charge in [0.2, 0.25) is 0 Å². The van der Waals surface area contributed by atoms with Gasteiger partial charge in [0.25, 0.3) is 0 Å². The van der Waals surface area contributed by atoms with E-state index in [0.29, 0.717) is 17.0 Å². The zero-order valence-corrected chi connectivity index (χ0v) is 13.5. The third-order valence-electron chi connectivity index (χ3n) is 3.84. The summed E-state index contributed by atoms with van der Waals surface area (Å²) in [6.45, 7) is 0. The second-order valence-electron chi connectivity index (χ2n) is 5.61. The number of rotatable bonds is 4. The van der Waals surface area contributed by atoms with E-state index in [1.165, 1.54) is 25.3 Å². The number of H-pyrrole nitrogens is 1. The van der Waals surface area contributed by atoms with Crippen LogP contribution in [-0.2, 0) is 16.0 Å². The van der Waals surface area contributed by atoms with Gasteiger partial charge in [-0.15, -0.1) is 0 Å². The first-order valence-electron chi connectivity index (χ1n) is 7.58. The molecule has 4 N–H and O–H groups in total. The number of aromatic amines is 1. The number of phenolic OH excluding ortho intramolecular Hbond substituents is 3. The van der Waals surface area contributed by atoms with Crippen LogP contribution in [0, 0.1) is 0 Å². The summed E-state index contributed by atoms with van der Waals surface area (Å²) in [6.07, 6.45) is 0.0392. The van der Waals surface area contributed by atoms with Crippen molar-refractivity contribution in [3.63, 3.8) is 0 Å². The Bertz CT molecular complexity index is 892. The summed E-state index contributed by atoms with van der Waals surface area (Å²) in [6, 6.07) is 12.7. The summed E-state index contributed by atoms with van der Waals surface area (Å²) in [5, 5.41) is 28.8. The van der Waals surface area contributed by atoms with E-state index in [4.69, 9.17) is 4.74 Å². The Morgan fingerprint density at radius 1 is 0.920 bits per heavy atom. The molecule has 1 heterocycles. The van der Waals surface area contributed by atoms with Gasteiger partial charge >= 0.3 is 5.97 Å². The van der Waals surface area contributed by atoms with E-state index in [-0.39, 0.29) is 23.7 Å². The van der Waals surface area contributed by atoms with Crippen LogP contribution < -0.4 is 0 Å². The normalized spacial score (nSPS) is 10.6. The van der Waals surface area contributed by atoms with Crippen molar-refractivity contribution in [2.75, 3.05) is 7.11 Å². The van der Waals surface area contributed by atoms with Gasteiger partial charge in [-0.25, -0.2) is 0 Å². The van der Waals surface area contributed by atoms with Crippen LogP contribution in [0.3, 0.4) is 0 Å². The number of carbonyl (C=O) groups is 1. The predicted molar refractivity (Wildman–Crippen MR) is 92.4 cm³/mol. The van der Waals surface area contributed by atoms with E-state index < -0.39 is 5.97 Å². The van der Waals surface area contributed by atoms with Crippen molar-refractivity contribution in [1.29, 1.82) is 0 Å². The molecule has 0 radical (unpaired) electrons. The Morgan fingerprint density at radius 2 is 1.56 bits per heavy atom. The average molecular weight is 339 g/mol. The third-order valence-corrected chi connectivity index (χ3v) is 3.84. The van der Waals surface area contributed by atoms with Crippen molar-refractivity contribution < 1.29 is 24.9 Å². The number of ether oxygens (including phenoxy) is 1. The number of methoxy groups -OCH3 is 1. The van der Waals surface area contributed by atoms with E-state index in [1.54, 1.807) is 24.3 Å². The van der Waals surface area contributed by atoms with Crippen molar-refractivity contribution in [2.45, 2.75) is 6.42 Å². The van der Waals surface area contributed by atoms with Gasteiger partial charge in [-0.2, -0.15) is 0 Å². The minimum atomic E-state index is -0.396. The number of hydrogen-bond donors (Lipinski definition) is 4. The first-order valence-corrected chi connectivity index (χ1v) is 7.58. The molecule has 0 aliphatic rings. The lowest BCUT2D eigenvalue weighted by molar-refractivity contribution is -0.139. The highest BCUT2D eigenvalue weighted by Gasteiger charge is 2.15. The molecule has 0 atom stereocenters. The van der Waals surface area contributed by atoms with Crippen molar-refractivity contribution >= 4 is 5.97 Å². The second kappa shape index (κ2) is 6.60. The zero-order chi connectivity index (χ0) is 18.0. The Labute approximate surface area is 144 Å². The Hall–Kier alpha value is -3.41. The lowest BCUT2D eigenvalue weighted by atomic mass is 10.0. The molecule has 0 unspecified atom stereocenters. The van der Waals surface area contributed by atoms with Crippen LogP contribution in [0.25, 0.3) is 22.4 Å². The van der Waals surface area contributed by atoms with Crippen molar-refractivity contribution in [2.24, 2.45) is 0 Å². The van der Waals surface area contributed by atoms with Gasteiger partial charge in [0.05, 0.1) is 13.5 Å². The number of nitrogens with one attached hydrogen (secondary N) is 1. The monoisotopic (exact) mass is 339 g/mol. The van der Waals surface area contributed by atoms with Crippen LogP contribution in [-0.4, -0.2) is 33.4 Å². The van der Waals surface area contributed by atoms with Crippen molar-refractivity contribution in [1.82, 2.24) is 4.98 Å². The van der Waals surface area contributed by atoms with E-state index in [1.807, 2.05) is 6.07 Å². The van der Waals surface area contributed by atoms with E-state index in [2.05, 4.69) is 4.98 Å². The number of hydrogen-bond acceptors (Lipinski definition) is 5. The summed E-state index contributed by atoms with van der Waals surface area (Å²) in [5.41, 5.74) is 3.42. The molecule has 1 aromatic heterocycles. The van der Waals surface area contributed by atoms with Crippen LogP contribution in [0.15, 0.2) is 48.5 Å². The molecule has 0 fully saturated rings. The van der Waals surface area contributed by atoms with Gasteiger partial charge in [0, 0.05) is 28.6 Å². The third kappa shape index (κ3) is 3.58. The molecule has 128 valence electrons. The highest BCUT2D eigenvalue weighted by Crippen LogP contribution is 2.34. The molecule has 0 bridgehead atoms. The smallest absolute Gasteiger partial charge is 0.311 e. The van der Waals surface area contributed by atoms with Gasteiger partial charge in [-0.05, 0) is 35.9 Å². The molecular weight excluding hydrogens is 322 g/mol.